The van der Waals surface area contributed by atoms with Gasteiger partial charge >= 0.3 is 6.03 Å². The standard InChI is InChI=1S/C17H20FN3O3/c1-11(2)21-15(23)17(19-16(21)24)7-9-20(10-8-17)14(22)12-5-3-4-6-13(12)18/h3-6,11H,7-10H2,1-2H3,(H,19,24). The molecule has 7 heteroatoms. The lowest BCUT2D eigenvalue weighted by Gasteiger charge is -2.37. The molecule has 128 valence electrons. The second kappa shape index (κ2) is 5.89. The van der Waals surface area contributed by atoms with Gasteiger partial charge in [-0.3, -0.25) is 14.5 Å². The van der Waals surface area contributed by atoms with E-state index in [0.29, 0.717) is 25.9 Å². The van der Waals surface area contributed by atoms with E-state index in [4.69, 9.17) is 0 Å². The van der Waals surface area contributed by atoms with Gasteiger partial charge in [-0.15, -0.1) is 0 Å². The van der Waals surface area contributed by atoms with Crippen molar-refractivity contribution in [3.63, 3.8) is 0 Å². The number of hydrogen-bond acceptors (Lipinski definition) is 3. The Morgan fingerprint density at radius 2 is 1.83 bits per heavy atom. The first-order chi connectivity index (χ1) is 11.4. The van der Waals surface area contributed by atoms with E-state index in [1.54, 1.807) is 19.9 Å². The van der Waals surface area contributed by atoms with Gasteiger partial charge in [0, 0.05) is 19.1 Å². The maximum Gasteiger partial charge on any atom is 0.325 e. The number of carbonyl (C=O) groups excluding carboxylic acids is 3. The molecule has 0 bridgehead atoms. The first kappa shape index (κ1) is 16.4. The number of carbonyl (C=O) groups is 3. The quantitative estimate of drug-likeness (QED) is 0.839. The molecule has 4 amide bonds. The van der Waals surface area contributed by atoms with Crippen LogP contribution in [0.2, 0.25) is 0 Å². The molecule has 0 atom stereocenters. The molecule has 2 aliphatic rings. The Labute approximate surface area is 139 Å². The van der Waals surface area contributed by atoms with Crippen LogP contribution in [0.4, 0.5) is 9.18 Å². The van der Waals surface area contributed by atoms with Crippen molar-refractivity contribution in [3.8, 4) is 0 Å². The molecular weight excluding hydrogens is 313 g/mol. The molecule has 3 rings (SSSR count). The molecule has 1 spiro atoms. The van der Waals surface area contributed by atoms with Crippen molar-refractivity contribution in [2.75, 3.05) is 13.1 Å². The molecule has 2 fully saturated rings. The molecule has 1 aromatic rings. The van der Waals surface area contributed by atoms with Gasteiger partial charge in [0.2, 0.25) is 0 Å². The molecule has 2 saturated heterocycles. The minimum Gasteiger partial charge on any atom is -0.338 e. The SMILES string of the molecule is CC(C)N1C(=O)NC2(CCN(C(=O)c3ccccc3F)CC2)C1=O. The Hall–Kier alpha value is -2.44. The topological polar surface area (TPSA) is 69.7 Å². The summed E-state index contributed by atoms with van der Waals surface area (Å²) in [5, 5.41) is 2.79. The lowest BCUT2D eigenvalue weighted by Crippen LogP contribution is -2.56. The first-order valence-corrected chi connectivity index (χ1v) is 8.05. The van der Waals surface area contributed by atoms with E-state index >= 15 is 0 Å². The Bertz CT molecular complexity index is 696. The zero-order valence-corrected chi connectivity index (χ0v) is 13.7. The summed E-state index contributed by atoms with van der Waals surface area (Å²) in [6, 6.07) is 5.25. The fourth-order valence-electron chi connectivity index (χ4n) is 3.35. The number of imide groups is 1. The van der Waals surface area contributed by atoms with E-state index in [0.717, 1.165) is 0 Å². The average molecular weight is 333 g/mol. The summed E-state index contributed by atoms with van der Waals surface area (Å²) in [5.74, 6) is -1.18. The third-order valence-electron chi connectivity index (χ3n) is 4.72. The van der Waals surface area contributed by atoms with Gasteiger partial charge in [0.15, 0.2) is 0 Å². The molecule has 24 heavy (non-hydrogen) atoms. The molecule has 1 N–H and O–H groups in total. The summed E-state index contributed by atoms with van der Waals surface area (Å²) in [7, 11) is 0. The van der Waals surface area contributed by atoms with Gasteiger partial charge in [-0.25, -0.2) is 9.18 Å². The number of likely N-dealkylation sites (tertiary alicyclic amines) is 1. The minimum absolute atomic E-state index is 0.0269. The van der Waals surface area contributed by atoms with Gasteiger partial charge in [0.1, 0.15) is 11.4 Å². The van der Waals surface area contributed by atoms with E-state index in [1.807, 2.05) is 0 Å². The highest BCUT2D eigenvalue weighted by molar-refractivity contribution is 6.07. The normalized spacial score (nSPS) is 20.0. The van der Waals surface area contributed by atoms with Crippen molar-refractivity contribution in [2.45, 2.75) is 38.3 Å². The first-order valence-electron chi connectivity index (χ1n) is 8.05. The molecule has 0 aliphatic carbocycles. The summed E-state index contributed by atoms with van der Waals surface area (Å²) in [4.78, 5) is 39.9. The number of urea groups is 1. The lowest BCUT2D eigenvalue weighted by atomic mass is 9.87. The predicted molar refractivity (Wildman–Crippen MR) is 84.8 cm³/mol. The van der Waals surface area contributed by atoms with Crippen molar-refractivity contribution in [1.82, 2.24) is 15.1 Å². The number of hydrogen-bond donors (Lipinski definition) is 1. The van der Waals surface area contributed by atoms with Gasteiger partial charge in [-0.2, -0.15) is 0 Å². The van der Waals surface area contributed by atoms with E-state index in [1.165, 1.54) is 28.0 Å². The van der Waals surface area contributed by atoms with Crippen LogP contribution in [0.15, 0.2) is 24.3 Å². The third kappa shape index (κ3) is 2.53. The number of piperidine rings is 1. The predicted octanol–water partition coefficient (Wildman–Crippen LogP) is 1.76. The lowest BCUT2D eigenvalue weighted by molar-refractivity contribution is -0.133. The zero-order chi connectivity index (χ0) is 17.5. The van der Waals surface area contributed by atoms with Crippen molar-refractivity contribution in [3.05, 3.63) is 35.6 Å². The fourth-order valence-corrected chi connectivity index (χ4v) is 3.35. The van der Waals surface area contributed by atoms with E-state index in [-0.39, 0.29) is 29.5 Å². The van der Waals surface area contributed by atoms with Gasteiger partial charge in [0.25, 0.3) is 11.8 Å². The van der Waals surface area contributed by atoms with Crippen molar-refractivity contribution < 1.29 is 18.8 Å². The van der Waals surface area contributed by atoms with Crippen LogP contribution in [-0.2, 0) is 4.79 Å². The summed E-state index contributed by atoms with van der Waals surface area (Å²) in [6.07, 6.45) is 0.669. The van der Waals surface area contributed by atoms with Gasteiger partial charge in [-0.1, -0.05) is 12.1 Å². The van der Waals surface area contributed by atoms with Crippen LogP contribution in [0.25, 0.3) is 0 Å². The number of halogens is 1. The van der Waals surface area contributed by atoms with Crippen LogP contribution in [0, 0.1) is 5.82 Å². The van der Waals surface area contributed by atoms with Gasteiger partial charge in [0.05, 0.1) is 5.56 Å². The second-order valence-electron chi connectivity index (χ2n) is 6.55. The molecular formula is C17H20FN3O3. The molecule has 0 aromatic heterocycles. The average Bonchev–Trinajstić information content (AvgIpc) is 2.78. The summed E-state index contributed by atoms with van der Waals surface area (Å²) >= 11 is 0. The van der Waals surface area contributed by atoms with E-state index in [2.05, 4.69) is 5.32 Å². The maximum absolute atomic E-state index is 13.8. The summed E-state index contributed by atoms with van der Waals surface area (Å²) in [6.45, 7) is 4.16. The number of benzene rings is 1. The van der Waals surface area contributed by atoms with Crippen molar-refractivity contribution in [2.24, 2.45) is 0 Å². The largest absolute Gasteiger partial charge is 0.338 e. The van der Waals surface area contributed by atoms with Gasteiger partial charge in [-0.05, 0) is 38.8 Å². The zero-order valence-electron chi connectivity index (χ0n) is 13.7. The van der Waals surface area contributed by atoms with E-state index in [9.17, 15) is 18.8 Å². The minimum atomic E-state index is -0.937. The Morgan fingerprint density at radius 1 is 1.21 bits per heavy atom. The molecule has 2 heterocycles. The number of nitrogens with zero attached hydrogens (tertiary/aromatic N) is 2. The number of rotatable bonds is 2. The molecule has 6 nitrogen and oxygen atoms in total. The van der Waals surface area contributed by atoms with Crippen LogP contribution in [0.3, 0.4) is 0 Å². The third-order valence-corrected chi connectivity index (χ3v) is 4.72. The number of amides is 4. The monoisotopic (exact) mass is 333 g/mol. The molecule has 1 aromatic carbocycles. The molecule has 0 radical (unpaired) electrons. The highest BCUT2D eigenvalue weighted by Gasteiger charge is 2.53. The van der Waals surface area contributed by atoms with Crippen LogP contribution in [-0.4, -0.2) is 52.3 Å². The second-order valence-corrected chi connectivity index (χ2v) is 6.55. The number of nitrogens with one attached hydrogen (secondary N) is 1. The van der Waals surface area contributed by atoms with Crippen LogP contribution in [0.5, 0.6) is 0 Å². The van der Waals surface area contributed by atoms with Crippen LogP contribution in [0.1, 0.15) is 37.0 Å². The van der Waals surface area contributed by atoms with Crippen molar-refractivity contribution in [1.29, 1.82) is 0 Å². The fraction of sp³-hybridized carbons (Fsp3) is 0.471. The van der Waals surface area contributed by atoms with Crippen LogP contribution < -0.4 is 5.32 Å². The highest BCUT2D eigenvalue weighted by atomic mass is 19.1. The summed E-state index contributed by atoms with van der Waals surface area (Å²) in [5.41, 5.74) is -0.910. The molecule has 0 unspecified atom stereocenters. The molecule has 2 aliphatic heterocycles. The Morgan fingerprint density at radius 3 is 2.38 bits per heavy atom. The smallest absolute Gasteiger partial charge is 0.325 e. The Balaban J connectivity index is 1.73. The Kier molecular flexibility index (Phi) is 4.03. The van der Waals surface area contributed by atoms with Crippen LogP contribution >= 0.6 is 0 Å². The highest BCUT2D eigenvalue weighted by Crippen LogP contribution is 2.31. The maximum atomic E-state index is 13.8. The summed E-state index contributed by atoms with van der Waals surface area (Å²) < 4.78 is 13.8. The molecule has 0 saturated carbocycles. The van der Waals surface area contributed by atoms with E-state index < -0.39 is 11.4 Å². The van der Waals surface area contributed by atoms with Crippen molar-refractivity contribution >= 4 is 17.8 Å². The van der Waals surface area contributed by atoms with Gasteiger partial charge < -0.3 is 10.2 Å².